The SMILES string of the molecule is CCSc1nnc(NC(=O)c2c(F)cccc2Cl)s1. The molecule has 1 heterocycles. The summed E-state index contributed by atoms with van der Waals surface area (Å²) in [6.45, 7) is 1.99. The third kappa shape index (κ3) is 3.43. The normalized spacial score (nSPS) is 10.5. The van der Waals surface area contributed by atoms with Gasteiger partial charge < -0.3 is 0 Å². The topological polar surface area (TPSA) is 54.9 Å². The molecule has 100 valence electrons. The van der Waals surface area contributed by atoms with Crippen LogP contribution in [0.5, 0.6) is 0 Å². The molecule has 0 fully saturated rings. The second kappa shape index (κ2) is 6.31. The summed E-state index contributed by atoms with van der Waals surface area (Å²) in [6.07, 6.45) is 0. The van der Waals surface area contributed by atoms with Crippen LogP contribution in [0.25, 0.3) is 0 Å². The molecular formula is C11H9ClFN3OS2. The number of aromatic nitrogens is 2. The maximum absolute atomic E-state index is 13.5. The monoisotopic (exact) mass is 317 g/mol. The number of rotatable bonds is 4. The van der Waals surface area contributed by atoms with Crippen molar-refractivity contribution in [3.63, 3.8) is 0 Å². The standard InChI is InChI=1S/C11H9ClFN3OS2/c1-2-18-11-16-15-10(19-11)14-9(17)8-6(12)4-3-5-7(8)13/h3-5H,2H2,1H3,(H,14,15,17). The molecule has 4 nitrogen and oxygen atoms in total. The fraction of sp³-hybridized carbons (Fsp3) is 0.182. The van der Waals surface area contributed by atoms with E-state index in [1.807, 2.05) is 6.92 Å². The number of amides is 1. The van der Waals surface area contributed by atoms with Crippen molar-refractivity contribution in [2.75, 3.05) is 11.1 Å². The molecule has 0 atom stereocenters. The van der Waals surface area contributed by atoms with Crippen LogP contribution in [-0.4, -0.2) is 21.9 Å². The maximum Gasteiger partial charge on any atom is 0.261 e. The van der Waals surface area contributed by atoms with Gasteiger partial charge in [0.05, 0.1) is 10.6 Å². The summed E-state index contributed by atoms with van der Waals surface area (Å²) in [5.41, 5.74) is -0.191. The van der Waals surface area contributed by atoms with E-state index < -0.39 is 11.7 Å². The number of nitrogens with zero attached hydrogens (tertiary/aromatic N) is 2. The Balaban J connectivity index is 2.16. The van der Waals surface area contributed by atoms with Crippen molar-refractivity contribution in [3.05, 3.63) is 34.6 Å². The molecule has 1 amide bonds. The summed E-state index contributed by atoms with van der Waals surface area (Å²) in [4.78, 5) is 11.9. The van der Waals surface area contributed by atoms with E-state index in [-0.39, 0.29) is 10.6 Å². The van der Waals surface area contributed by atoms with E-state index in [9.17, 15) is 9.18 Å². The first-order valence-electron chi connectivity index (χ1n) is 5.33. The number of anilines is 1. The minimum atomic E-state index is -0.669. The minimum Gasteiger partial charge on any atom is -0.296 e. The lowest BCUT2D eigenvalue weighted by atomic mass is 10.2. The Morgan fingerprint density at radius 1 is 1.53 bits per heavy atom. The molecule has 0 unspecified atom stereocenters. The predicted octanol–water partition coefficient (Wildman–Crippen LogP) is 3.69. The van der Waals surface area contributed by atoms with Gasteiger partial charge in [0.25, 0.3) is 5.91 Å². The molecule has 0 aliphatic heterocycles. The van der Waals surface area contributed by atoms with Crippen molar-refractivity contribution < 1.29 is 9.18 Å². The van der Waals surface area contributed by atoms with Crippen molar-refractivity contribution in [1.29, 1.82) is 0 Å². The van der Waals surface area contributed by atoms with E-state index in [4.69, 9.17) is 11.6 Å². The quantitative estimate of drug-likeness (QED) is 0.690. The van der Waals surface area contributed by atoms with E-state index in [2.05, 4.69) is 15.5 Å². The molecule has 1 N–H and O–H groups in total. The number of nitrogens with one attached hydrogen (secondary N) is 1. The third-order valence-corrected chi connectivity index (χ3v) is 4.25. The highest BCUT2D eigenvalue weighted by molar-refractivity contribution is 8.01. The lowest BCUT2D eigenvalue weighted by Gasteiger charge is -2.04. The predicted molar refractivity (Wildman–Crippen MR) is 75.7 cm³/mol. The van der Waals surface area contributed by atoms with Gasteiger partial charge in [0.2, 0.25) is 5.13 Å². The van der Waals surface area contributed by atoms with E-state index in [0.29, 0.717) is 5.13 Å². The lowest BCUT2D eigenvalue weighted by molar-refractivity contribution is 0.102. The highest BCUT2D eigenvalue weighted by atomic mass is 35.5. The van der Waals surface area contributed by atoms with Gasteiger partial charge in [-0.1, -0.05) is 47.7 Å². The largest absolute Gasteiger partial charge is 0.296 e. The van der Waals surface area contributed by atoms with Gasteiger partial charge in [-0.15, -0.1) is 10.2 Å². The van der Waals surface area contributed by atoms with Gasteiger partial charge >= 0.3 is 0 Å². The fourth-order valence-corrected chi connectivity index (χ4v) is 3.21. The average molecular weight is 318 g/mol. The highest BCUT2D eigenvalue weighted by Gasteiger charge is 2.17. The maximum atomic E-state index is 13.5. The molecule has 0 radical (unpaired) electrons. The van der Waals surface area contributed by atoms with Crippen molar-refractivity contribution in [1.82, 2.24) is 10.2 Å². The van der Waals surface area contributed by atoms with Crippen molar-refractivity contribution in [2.24, 2.45) is 0 Å². The summed E-state index contributed by atoms with van der Waals surface area (Å²) >= 11 is 8.56. The molecule has 8 heteroatoms. The van der Waals surface area contributed by atoms with Crippen LogP contribution in [0.2, 0.25) is 5.02 Å². The Hall–Kier alpha value is -1.18. The van der Waals surface area contributed by atoms with Crippen LogP contribution in [0.4, 0.5) is 9.52 Å². The molecule has 2 aromatic rings. The lowest BCUT2D eigenvalue weighted by Crippen LogP contribution is -2.14. The molecule has 0 saturated carbocycles. The summed E-state index contributed by atoms with van der Waals surface area (Å²) in [6, 6.07) is 4.08. The molecule has 1 aromatic carbocycles. The Morgan fingerprint density at radius 3 is 3.00 bits per heavy atom. The van der Waals surface area contributed by atoms with Crippen LogP contribution in [0.3, 0.4) is 0 Å². The van der Waals surface area contributed by atoms with E-state index in [1.54, 1.807) is 0 Å². The minimum absolute atomic E-state index is 0.0603. The Bertz CT molecular complexity index is 585. The van der Waals surface area contributed by atoms with Gasteiger partial charge in [-0.05, 0) is 17.9 Å². The van der Waals surface area contributed by atoms with E-state index in [1.165, 1.54) is 41.3 Å². The van der Waals surface area contributed by atoms with Crippen LogP contribution in [0.1, 0.15) is 17.3 Å². The van der Waals surface area contributed by atoms with Gasteiger partial charge in [-0.3, -0.25) is 10.1 Å². The molecule has 19 heavy (non-hydrogen) atoms. The van der Waals surface area contributed by atoms with Gasteiger partial charge in [-0.25, -0.2) is 4.39 Å². The molecule has 0 spiro atoms. The first-order chi connectivity index (χ1) is 9.11. The third-order valence-electron chi connectivity index (χ3n) is 2.08. The van der Waals surface area contributed by atoms with Crippen LogP contribution in [-0.2, 0) is 0 Å². The second-order valence-corrected chi connectivity index (χ2v) is 6.25. The smallest absolute Gasteiger partial charge is 0.261 e. The number of thioether (sulfide) groups is 1. The summed E-state index contributed by atoms with van der Waals surface area (Å²) in [5.74, 6) is -0.438. The Labute approximate surface area is 122 Å². The van der Waals surface area contributed by atoms with E-state index >= 15 is 0 Å². The molecule has 1 aromatic heterocycles. The number of carbonyl (C=O) groups is 1. The van der Waals surface area contributed by atoms with Crippen molar-refractivity contribution in [2.45, 2.75) is 11.3 Å². The highest BCUT2D eigenvalue weighted by Crippen LogP contribution is 2.26. The van der Waals surface area contributed by atoms with E-state index in [0.717, 1.165) is 10.1 Å². The Morgan fingerprint density at radius 2 is 2.32 bits per heavy atom. The van der Waals surface area contributed by atoms with Crippen LogP contribution in [0.15, 0.2) is 22.5 Å². The van der Waals surface area contributed by atoms with Crippen molar-refractivity contribution in [3.8, 4) is 0 Å². The molecular weight excluding hydrogens is 309 g/mol. The van der Waals surface area contributed by atoms with Gasteiger partial charge in [0, 0.05) is 0 Å². The molecule has 0 aliphatic carbocycles. The first kappa shape index (κ1) is 14.2. The number of hydrogen-bond acceptors (Lipinski definition) is 5. The Kier molecular flexibility index (Phi) is 4.73. The zero-order valence-electron chi connectivity index (χ0n) is 9.81. The van der Waals surface area contributed by atoms with Gasteiger partial charge in [0.15, 0.2) is 4.34 Å². The zero-order chi connectivity index (χ0) is 13.8. The first-order valence-corrected chi connectivity index (χ1v) is 7.51. The van der Waals surface area contributed by atoms with Gasteiger partial charge in [-0.2, -0.15) is 0 Å². The average Bonchev–Trinajstić information content (AvgIpc) is 2.77. The molecule has 0 saturated heterocycles. The summed E-state index contributed by atoms with van der Waals surface area (Å²) in [5, 5.41) is 10.6. The van der Waals surface area contributed by atoms with Crippen molar-refractivity contribution >= 4 is 45.7 Å². The number of hydrogen-bond donors (Lipinski definition) is 1. The zero-order valence-corrected chi connectivity index (χ0v) is 12.2. The summed E-state index contributed by atoms with van der Waals surface area (Å²) < 4.78 is 14.3. The van der Waals surface area contributed by atoms with Gasteiger partial charge in [0.1, 0.15) is 5.82 Å². The number of carbonyl (C=O) groups excluding carboxylic acids is 1. The van der Waals surface area contributed by atoms with Crippen LogP contribution >= 0.6 is 34.7 Å². The molecule has 2 rings (SSSR count). The molecule has 0 aliphatic rings. The second-order valence-electron chi connectivity index (χ2n) is 3.36. The summed E-state index contributed by atoms with van der Waals surface area (Å²) in [7, 11) is 0. The van der Waals surface area contributed by atoms with Crippen LogP contribution in [0, 0.1) is 5.82 Å². The number of benzene rings is 1. The number of halogens is 2. The molecule has 0 bridgehead atoms. The van der Waals surface area contributed by atoms with Crippen LogP contribution < -0.4 is 5.32 Å². The fourth-order valence-electron chi connectivity index (χ4n) is 1.32.